The molecule has 0 bridgehead atoms. The number of nitrogens with zero attached hydrogens (tertiary/aromatic N) is 1. The molecule has 3 N–H and O–H groups in total. The molecule has 2 rings (SSSR count). The topological polar surface area (TPSA) is 56.4 Å². The van der Waals surface area contributed by atoms with Crippen molar-refractivity contribution in [2.24, 2.45) is 0 Å². The van der Waals surface area contributed by atoms with Crippen molar-refractivity contribution in [3.8, 4) is 0 Å². The second kappa shape index (κ2) is 5.80. The lowest BCUT2D eigenvalue weighted by Crippen LogP contribution is -2.58. The zero-order valence-electron chi connectivity index (χ0n) is 10.8. The number of amides is 1. The molecule has 2 aliphatic rings. The molecule has 0 aliphatic carbocycles. The van der Waals surface area contributed by atoms with Gasteiger partial charge in [0.1, 0.15) is 0 Å². The summed E-state index contributed by atoms with van der Waals surface area (Å²) in [5, 5.41) is 9.65. The smallest absolute Gasteiger partial charge is 0.238 e. The fourth-order valence-electron chi connectivity index (χ4n) is 2.56. The molecular weight excluding hydrogens is 216 g/mol. The van der Waals surface area contributed by atoms with Gasteiger partial charge >= 0.3 is 0 Å². The summed E-state index contributed by atoms with van der Waals surface area (Å²) in [5.41, 5.74) is 0. The summed E-state index contributed by atoms with van der Waals surface area (Å²) in [6.45, 7) is 5.87. The molecule has 5 heteroatoms. The number of likely N-dealkylation sites (tertiary alicyclic amines) is 1. The minimum Gasteiger partial charge on any atom is -0.352 e. The first-order chi connectivity index (χ1) is 8.16. The van der Waals surface area contributed by atoms with Gasteiger partial charge in [-0.15, -0.1) is 0 Å². The molecule has 0 radical (unpaired) electrons. The molecule has 98 valence electrons. The van der Waals surface area contributed by atoms with Gasteiger partial charge in [0.2, 0.25) is 5.91 Å². The third-order valence-electron chi connectivity index (χ3n) is 3.91. The summed E-state index contributed by atoms with van der Waals surface area (Å²) in [4.78, 5) is 14.4. The average molecular weight is 240 g/mol. The van der Waals surface area contributed by atoms with Gasteiger partial charge in [0.25, 0.3) is 0 Å². The number of hydrogen-bond donors (Lipinski definition) is 3. The van der Waals surface area contributed by atoms with Crippen LogP contribution in [0.3, 0.4) is 0 Å². The molecule has 0 spiro atoms. The van der Waals surface area contributed by atoms with Gasteiger partial charge in [0, 0.05) is 38.3 Å². The van der Waals surface area contributed by atoms with E-state index in [1.807, 2.05) is 0 Å². The van der Waals surface area contributed by atoms with Crippen LogP contribution in [0.15, 0.2) is 0 Å². The first-order valence-corrected chi connectivity index (χ1v) is 6.61. The predicted molar refractivity (Wildman–Crippen MR) is 67.9 cm³/mol. The summed E-state index contributed by atoms with van der Waals surface area (Å²) in [7, 11) is 2.15. The Morgan fingerprint density at radius 2 is 2.24 bits per heavy atom. The highest BCUT2D eigenvalue weighted by molar-refractivity contribution is 5.82. The van der Waals surface area contributed by atoms with E-state index in [0.717, 1.165) is 39.0 Å². The van der Waals surface area contributed by atoms with Crippen LogP contribution < -0.4 is 16.0 Å². The zero-order chi connectivity index (χ0) is 12.3. The monoisotopic (exact) mass is 240 g/mol. The van der Waals surface area contributed by atoms with Crippen molar-refractivity contribution in [3.63, 3.8) is 0 Å². The normalized spacial score (nSPS) is 35.5. The molecule has 0 aromatic carbocycles. The quantitative estimate of drug-likeness (QED) is 0.588. The minimum absolute atomic E-state index is 0.0567. The molecule has 1 amide bonds. The highest BCUT2D eigenvalue weighted by Crippen LogP contribution is 2.15. The first kappa shape index (κ1) is 12.8. The SMILES string of the molecule is CC1CC(NC(=O)C2CNCCN2)CCN1C. The maximum atomic E-state index is 12.0. The lowest BCUT2D eigenvalue weighted by molar-refractivity contribution is -0.124. The van der Waals surface area contributed by atoms with Crippen molar-refractivity contribution < 1.29 is 4.79 Å². The van der Waals surface area contributed by atoms with Gasteiger partial charge in [-0.25, -0.2) is 0 Å². The van der Waals surface area contributed by atoms with E-state index in [9.17, 15) is 4.79 Å². The van der Waals surface area contributed by atoms with Crippen molar-refractivity contribution in [2.75, 3.05) is 33.2 Å². The molecule has 3 unspecified atom stereocenters. The van der Waals surface area contributed by atoms with Crippen LogP contribution in [-0.2, 0) is 4.79 Å². The van der Waals surface area contributed by atoms with Crippen molar-refractivity contribution >= 4 is 5.91 Å². The van der Waals surface area contributed by atoms with Crippen molar-refractivity contribution in [1.29, 1.82) is 0 Å². The number of piperazine rings is 1. The van der Waals surface area contributed by atoms with Gasteiger partial charge in [-0.05, 0) is 26.8 Å². The first-order valence-electron chi connectivity index (χ1n) is 6.61. The molecule has 2 fully saturated rings. The summed E-state index contributed by atoms with van der Waals surface area (Å²) in [5.74, 6) is 0.152. The van der Waals surface area contributed by atoms with Crippen LogP contribution in [0.4, 0.5) is 0 Å². The van der Waals surface area contributed by atoms with Gasteiger partial charge in [0.05, 0.1) is 6.04 Å². The Hall–Kier alpha value is -0.650. The number of piperidine rings is 1. The molecule has 0 saturated carbocycles. The Balaban J connectivity index is 1.78. The van der Waals surface area contributed by atoms with Crippen LogP contribution >= 0.6 is 0 Å². The third-order valence-corrected chi connectivity index (χ3v) is 3.91. The molecule has 2 aliphatic heterocycles. The van der Waals surface area contributed by atoms with E-state index in [2.05, 4.69) is 34.8 Å². The Labute approximate surface area is 103 Å². The van der Waals surface area contributed by atoms with Gasteiger partial charge < -0.3 is 20.9 Å². The standard InChI is InChI=1S/C12H24N4O/c1-9-7-10(3-6-16(9)2)15-12(17)11-8-13-4-5-14-11/h9-11,13-14H,3-8H2,1-2H3,(H,15,17). The van der Waals surface area contributed by atoms with Crippen LogP contribution in [0.1, 0.15) is 19.8 Å². The van der Waals surface area contributed by atoms with Crippen LogP contribution in [0.25, 0.3) is 0 Å². The Morgan fingerprint density at radius 3 is 2.88 bits per heavy atom. The maximum absolute atomic E-state index is 12.0. The summed E-state index contributed by atoms with van der Waals surface area (Å²) in [6, 6.07) is 0.850. The largest absolute Gasteiger partial charge is 0.352 e. The Kier molecular flexibility index (Phi) is 4.36. The van der Waals surface area contributed by atoms with Gasteiger partial charge in [-0.2, -0.15) is 0 Å². The molecule has 17 heavy (non-hydrogen) atoms. The lowest BCUT2D eigenvalue weighted by atomic mass is 9.98. The number of carbonyl (C=O) groups excluding carboxylic acids is 1. The zero-order valence-corrected chi connectivity index (χ0v) is 10.8. The Bertz CT molecular complexity index is 265. The van der Waals surface area contributed by atoms with Crippen LogP contribution in [0, 0.1) is 0 Å². The number of rotatable bonds is 2. The fraction of sp³-hybridized carbons (Fsp3) is 0.917. The van der Waals surface area contributed by atoms with Gasteiger partial charge in [0.15, 0.2) is 0 Å². The summed E-state index contributed by atoms with van der Waals surface area (Å²) >= 11 is 0. The van der Waals surface area contributed by atoms with Crippen LogP contribution in [0.2, 0.25) is 0 Å². The van der Waals surface area contributed by atoms with E-state index in [1.165, 1.54) is 0 Å². The average Bonchev–Trinajstić information content (AvgIpc) is 2.35. The Morgan fingerprint density at radius 1 is 1.41 bits per heavy atom. The highest BCUT2D eigenvalue weighted by Gasteiger charge is 2.27. The number of hydrogen-bond acceptors (Lipinski definition) is 4. The molecule has 0 aromatic rings. The van der Waals surface area contributed by atoms with Gasteiger partial charge in [-0.3, -0.25) is 4.79 Å². The minimum atomic E-state index is -0.0567. The second-order valence-corrected chi connectivity index (χ2v) is 5.27. The van der Waals surface area contributed by atoms with E-state index < -0.39 is 0 Å². The van der Waals surface area contributed by atoms with Crippen LogP contribution in [0.5, 0.6) is 0 Å². The third kappa shape index (κ3) is 3.40. The second-order valence-electron chi connectivity index (χ2n) is 5.27. The lowest BCUT2D eigenvalue weighted by Gasteiger charge is -2.36. The van der Waals surface area contributed by atoms with E-state index in [0.29, 0.717) is 12.1 Å². The predicted octanol–water partition coefficient (Wildman–Crippen LogP) is -0.853. The molecular formula is C12H24N4O. The molecule has 5 nitrogen and oxygen atoms in total. The van der Waals surface area contributed by atoms with Crippen LogP contribution in [-0.4, -0.2) is 62.2 Å². The van der Waals surface area contributed by atoms with Gasteiger partial charge in [-0.1, -0.05) is 0 Å². The summed E-state index contributed by atoms with van der Waals surface area (Å²) in [6.07, 6.45) is 2.12. The van der Waals surface area contributed by atoms with E-state index in [-0.39, 0.29) is 11.9 Å². The van der Waals surface area contributed by atoms with Crippen molar-refractivity contribution in [1.82, 2.24) is 20.9 Å². The number of carbonyl (C=O) groups is 1. The van der Waals surface area contributed by atoms with E-state index in [1.54, 1.807) is 0 Å². The van der Waals surface area contributed by atoms with E-state index in [4.69, 9.17) is 0 Å². The molecule has 2 heterocycles. The molecule has 3 atom stereocenters. The highest BCUT2D eigenvalue weighted by atomic mass is 16.2. The maximum Gasteiger partial charge on any atom is 0.238 e. The fourth-order valence-corrected chi connectivity index (χ4v) is 2.56. The molecule has 0 aromatic heterocycles. The van der Waals surface area contributed by atoms with Crippen molar-refractivity contribution in [2.45, 2.75) is 37.9 Å². The summed E-state index contributed by atoms with van der Waals surface area (Å²) < 4.78 is 0. The van der Waals surface area contributed by atoms with Crippen molar-refractivity contribution in [3.05, 3.63) is 0 Å². The van der Waals surface area contributed by atoms with E-state index >= 15 is 0 Å². The molecule has 2 saturated heterocycles. The number of nitrogens with one attached hydrogen (secondary N) is 3.